The van der Waals surface area contributed by atoms with Crippen molar-refractivity contribution >= 4 is 17.6 Å². The molecule has 0 saturated heterocycles. The summed E-state index contributed by atoms with van der Waals surface area (Å²) in [5.41, 5.74) is 0. The molecule has 0 amide bonds. The molecule has 13 heavy (non-hydrogen) atoms. The summed E-state index contributed by atoms with van der Waals surface area (Å²) in [5, 5.41) is 8.85. The summed E-state index contributed by atoms with van der Waals surface area (Å²) in [6, 6.07) is 0. The van der Waals surface area contributed by atoms with Crippen molar-refractivity contribution in [1.82, 2.24) is 0 Å². The Morgan fingerprint density at radius 3 is 2.62 bits per heavy atom. The van der Waals surface area contributed by atoms with Crippen LogP contribution in [0.4, 0.5) is 0 Å². The van der Waals surface area contributed by atoms with Gasteiger partial charge in [-0.25, -0.2) is 0 Å². The van der Waals surface area contributed by atoms with Crippen molar-refractivity contribution < 1.29 is 14.6 Å². The van der Waals surface area contributed by atoms with Crippen LogP contribution >= 0.6 is 11.6 Å². The second kappa shape index (κ2) is 3.14. The Kier molecular flexibility index (Phi) is 2.24. The van der Waals surface area contributed by atoms with E-state index in [0.717, 1.165) is 6.42 Å². The lowest BCUT2D eigenvalue weighted by Gasteiger charge is -2.15. The number of alkyl halides is 1. The van der Waals surface area contributed by atoms with Crippen LogP contribution in [-0.2, 0) is 9.53 Å². The van der Waals surface area contributed by atoms with E-state index in [1.165, 1.54) is 0 Å². The Labute approximate surface area is 82.0 Å². The molecule has 0 bridgehead atoms. The summed E-state index contributed by atoms with van der Waals surface area (Å²) in [4.78, 5) is 11.1. The minimum Gasteiger partial charge on any atom is -0.461 e. The van der Waals surface area contributed by atoms with Gasteiger partial charge in [0.15, 0.2) is 0 Å². The zero-order valence-electron chi connectivity index (χ0n) is 7.44. The molecule has 0 aliphatic heterocycles. The smallest absolute Gasteiger partial charge is 0.324 e. The lowest BCUT2D eigenvalue weighted by Crippen LogP contribution is -2.24. The van der Waals surface area contributed by atoms with Gasteiger partial charge >= 0.3 is 5.97 Å². The molecule has 5 atom stereocenters. The van der Waals surface area contributed by atoms with E-state index in [-0.39, 0.29) is 18.2 Å². The maximum absolute atomic E-state index is 11.1. The SMILES string of the molecule is C[C@@H](Cl)C(=O)O[C@H]1C[C@@H](O)C2CC21. The summed E-state index contributed by atoms with van der Waals surface area (Å²) < 4.78 is 5.17. The Balaban J connectivity index is 1.86. The molecular formula is C9H13ClO3. The minimum atomic E-state index is -0.588. The fourth-order valence-corrected chi connectivity index (χ4v) is 2.12. The first-order valence-electron chi connectivity index (χ1n) is 4.62. The van der Waals surface area contributed by atoms with Crippen LogP contribution in [-0.4, -0.2) is 28.7 Å². The summed E-state index contributed by atoms with van der Waals surface area (Å²) >= 11 is 5.57. The second-order valence-electron chi connectivity index (χ2n) is 3.96. The third-order valence-corrected chi connectivity index (χ3v) is 3.11. The summed E-state index contributed by atoms with van der Waals surface area (Å²) in [6.45, 7) is 1.60. The van der Waals surface area contributed by atoms with Crippen LogP contribution in [0.2, 0.25) is 0 Å². The number of hydrogen-bond donors (Lipinski definition) is 1. The fourth-order valence-electron chi connectivity index (χ4n) is 2.07. The van der Waals surface area contributed by atoms with Crippen molar-refractivity contribution in [2.24, 2.45) is 11.8 Å². The van der Waals surface area contributed by atoms with Crippen molar-refractivity contribution in [3.05, 3.63) is 0 Å². The average Bonchev–Trinajstić information content (AvgIpc) is 2.76. The van der Waals surface area contributed by atoms with E-state index < -0.39 is 5.38 Å². The van der Waals surface area contributed by atoms with E-state index in [4.69, 9.17) is 16.3 Å². The van der Waals surface area contributed by atoms with Gasteiger partial charge < -0.3 is 9.84 Å². The van der Waals surface area contributed by atoms with Crippen LogP contribution in [0.1, 0.15) is 19.8 Å². The number of fused-ring (bicyclic) bond motifs is 1. The quantitative estimate of drug-likeness (QED) is 0.538. The fraction of sp³-hybridized carbons (Fsp3) is 0.889. The Morgan fingerprint density at radius 1 is 1.54 bits per heavy atom. The Bertz CT molecular complexity index is 229. The van der Waals surface area contributed by atoms with Crippen molar-refractivity contribution in [3.63, 3.8) is 0 Å². The molecule has 74 valence electrons. The molecule has 0 heterocycles. The minimum absolute atomic E-state index is 0.0892. The first-order chi connectivity index (χ1) is 6.09. The topological polar surface area (TPSA) is 46.5 Å². The number of hydrogen-bond acceptors (Lipinski definition) is 3. The normalized spacial score (nSPS) is 43.9. The van der Waals surface area contributed by atoms with Crippen LogP contribution in [0.15, 0.2) is 0 Å². The van der Waals surface area contributed by atoms with Gasteiger partial charge in [0.25, 0.3) is 0 Å². The molecule has 2 fully saturated rings. The molecule has 3 nitrogen and oxygen atoms in total. The average molecular weight is 205 g/mol. The summed E-state index contributed by atoms with van der Waals surface area (Å²) in [5.74, 6) is 0.407. The summed E-state index contributed by atoms with van der Waals surface area (Å²) in [7, 11) is 0. The van der Waals surface area contributed by atoms with Crippen LogP contribution in [0.5, 0.6) is 0 Å². The van der Waals surface area contributed by atoms with Gasteiger partial charge in [0, 0.05) is 12.3 Å². The van der Waals surface area contributed by atoms with Crippen molar-refractivity contribution in [3.8, 4) is 0 Å². The van der Waals surface area contributed by atoms with E-state index in [2.05, 4.69) is 0 Å². The highest BCUT2D eigenvalue weighted by atomic mass is 35.5. The number of ether oxygens (including phenoxy) is 1. The lowest BCUT2D eigenvalue weighted by atomic mass is 10.2. The van der Waals surface area contributed by atoms with E-state index in [0.29, 0.717) is 18.3 Å². The molecule has 0 aromatic heterocycles. The van der Waals surface area contributed by atoms with E-state index >= 15 is 0 Å². The van der Waals surface area contributed by atoms with Crippen molar-refractivity contribution in [2.45, 2.75) is 37.4 Å². The first-order valence-corrected chi connectivity index (χ1v) is 5.06. The maximum Gasteiger partial charge on any atom is 0.324 e. The van der Waals surface area contributed by atoms with Gasteiger partial charge in [-0.15, -0.1) is 11.6 Å². The van der Waals surface area contributed by atoms with Gasteiger partial charge in [-0.05, 0) is 19.3 Å². The molecule has 2 unspecified atom stereocenters. The molecule has 0 aromatic carbocycles. The highest BCUT2D eigenvalue weighted by Crippen LogP contribution is 2.53. The van der Waals surface area contributed by atoms with E-state index in [1.807, 2.05) is 0 Å². The van der Waals surface area contributed by atoms with Crippen LogP contribution in [0, 0.1) is 11.8 Å². The van der Waals surface area contributed by atoms with Crippen LogP contribution < -0.4 is 0 Å². The van der Waals surface area contributed by atoms with Crippen LogP contribution in [0.3, 0.4) is 0 Å². The number of halogens is 1. The summed E-state index contributed by atoms with van der Waals surface area (Å²) in [6.07, 6.45) is 1.22. The zero-order valence-corrected chi connectivity index (χ0v) is 8.20. The molecule has 1 N–H and O–H groups in total. The molecule has 2 aliphatic rings. The van der Waals surface area contributed by atoms with Crippen molar-refractivity contribution in [2.75, 3.05) is 0 Å². The first kappa shape index (κ1) is 9.28. The highest BCUT2D eigenvalue weighted by Gasteiger charge is 2.55. The number of carbonyl (C=O) groups excluding carboxylic acids is 1. The maximum atomic E-state index is 11.1. The molecule has 2 saturated carbocycles. The lowest BCUT2D eigenvalue weighted by molar-refractivity contribution is -0.149. The number of aliphatic hydroxyl groups is 1. The van der Waals surface area contributed by atoms with E-state index in [9.17, 15) is 9.90 Å². The van der Waals surface area contributed by atoms with Gasteiger partial charge in [-0.3, -0.25) is 4.79 Å². The van der Waals surface area contributed by atoms with E-state index in [1.54, 1.807) is 6.92 Å². The van der Waals surface area contributed by atoms with Gasteiger partial charge in [-0.2, -0.15) is 0 Å². The molecule has 0 spiro atoms. The van der Waals surface area contributed by atoms with Crippen molar-refractivity contribution in [1.29, 1.82) is 0 Å². The predicted molar refractivity (Wildman–Crippen MR) is 47.4 cm³/mol. The number of aliphatic hydroxyl groups excluding tert-OH is 1. The van der Waals surface area contributed by atoms with Crippen LogP contribution in [0.25, 0.3) is 0 Å². The monoisotopic (exact) mass is 204 g/mol. The number of rotatable bonds is 2. The third-order valence-electron chi connectivity index (χ3n) is 2.93. The molecule has 2 rings (SSSR count). The number of carbonyl (C=O) groups is 1. The highest BCUT2D eigenvalue weighted by molar-refractivity contribution is 6.29. The molecule has 0 radical (unpaired) electrons. The van der Waals surface area contributed by atoms with Gasteiger partial charge in [0.1, 0.15) is 11.5 Å². The third kappa shape index (κ3) is 1.67. The molecule has 2 aliphatic carbocycles. The van der Waals surface area contributed by atoms with Gasteiger partial charge in [-0.1, -0.05) is 0 Å². The van der Waals surface area contributed by atoms with Gasteiger partial charge in [0.2, 0.25) is 0 Å². The van der Waals surface area contributed by atoms with Gasteiger partial charge in [0.05, 0.1) is 6.10 Å². The number of esters is 1. The standard InChI is InChI=1S/C9H13ClO3/c1-4(10)9(12)13-8-3-7(11)5-2-6(5)8/h4-8,11H,2-3H2,1H3/t4-,5?,6?,7-,8+/m1/s1. The molecule has 4 heteroatoms. The predicted octanol–water partition coefficient (Wildman–Crippen LogP) is 0.926. The Morgan fingerprint density at radius 2 is 2.23 bits per heavy atom. The molecular weight excluding hydrogens is 192 g/mol. The Hall–Kier alpha value is -0.280. The largest absolute Gasteiger partial charge is 0.461 e. The second-order valence-corrected chi connectivity index (χ2v) is 4.61. The zero-order chi connectivity index (χ0) is 9.59. The molecule has 0 aromatic rings.